The summed E-state index contributed by atoms with van der Waals surface area (Å²) in [5.74, 6) is -0.513. The lowest BCUT2D eigenvalue weighted by Crippen LogP contribution is -2.43. The average molecular weight is 252 g/mol. The molecule has 0 aliphatic heterocycles. The molecule has 2 aliphatic rings. The van der Waals surface area contributed by atoms with E-state index in [1.54, 1.807) is 0 Å². The van der Waals surface area contributed by atoms with Crippen molar-refractivity contribution in [2.24, 2.45) is 16.2 Å². The zero-order valence-corrected chi connectivity index (χ0v) is 11.5. The van der Waals surface area contributed by atoms with Crippen LogP contribution in [0.4, 0.5) is 0 Å². The van der Waals surface area contributed by atoms with Crippen LogP contribution >= 0.6 is 0 Å². The number of carbonyl (C=O) groups excluding carboxylic acids is 2. The minimum absolute atomic E-state index is 0.239. The Bertz CT molecular complexity index is 437. The minimum atomic E-state index is -0.702. The highest BCUT2D eigenvalue weighted by molar-refractivity contribution is 5.89. The molecule has 4 heteroatoms. The average Bonchev–Trinajstić information content (AvgIpc) is 2.84. The van der Waals surface area contributed by atoms with Crippen molar-refractivity contribution in [3.05, 3.63) is 12.2 Å². The predicted octanol–water partition coefficient (Wildman–Crippen LogP) is 2.09. The summed E-state index contributed by atoms with van der Waals surface area (Å²) in [4.78, 5) is 24.3. The SMILES string of the molecule is C=C1C(C)(C)[C@@]2(C(=O)OC)CC[C@]1(C(=O)OC)C2. The van der Waals surface area contributed by atoms with Gasteiger partial charge in [0.25, 0.3) is 0 Å². The Morgan fingerprint density at radius 3 is 2.17 bits per heavy atom. The normalized spacial score (nSPS) is 36.6. The highest BCUT2D eigenvalue weighted by Gasteiger charge is 2.72. The van der Waals surface area contributed by atoms with Crippen molar-refractivity contribution in [1.82, 2.24) is 0 Å². The summed E-state index contributed by atoms with van der Waals surface area (Å²) in [5, 5.41) is 0. The van der Waals surface area contributed by atoms with Crippen molar-refractivity contribution in [1.29, 1.82) is 0 Å². The standard InChI is InChI=1S/C14H20O4/c1-9-12(2,3)14(11(16)18-5)7-6-13(9,8-14)10(15)17-4/h1,6-8H2,2-5H3/t13-,14-/m0/s1. The van der Waals surface area contributed by atoms with E-state index in [1.807, 2.05) is 13.8 Å². The first-order chi connectivity index (χ1) is 8.28. The summed E-state index contributed by atoms with van der Waals surface area (Å²) < 4.78 is 9.89. The van der Waals surface area contributed by atoms with E-state index in [4.69, 9.17) is 9.47 Å². The smallest absolute Gasteiger partial charge is 0.315 e. The van der Waals surface area contributed by atoms with Gasteiger partial charge in [0, 0.05) is 5.41 Å². The number of ether oxygens (including phenoxy) is 2. The van der Waals surface area contributed by atoms with Crippen LogP contribution in [0.3, 0.4) is 0 Å². The van der Waals surface area contributed by atoms with Gasteiger partial charge in [0.1, 0.15) is 0 Å². The van der Waals surface area contributed by atoms with Gasteiger partial charge in [-0.05, 0) is 19.3 Å². The van der Waals surface area contributed by atoms with E-state index in [1.165, 1.54) is 14.2 Å². The van der Waals surface area contributed by atoms with Gasteiger partial charge in [-0.25, -0.2) is 0 Å². The Labute approximate surface area is 107 Å². The lowest BCUT2D eigenvalue weighted by atomic mass is 9.61. The molecule has 2 rings (SSSR count). The lowest BCUT2D eigenvalue weighted by Gasteiger charge is -2.42. The van der Waals surface area contributed by atoms with Crippen LogP contribution in [0, 0.1) is 16.2 Å². The summed E-state index contributed by atoms with van der Waals surface area (Å²) >= 11 is 0. The monoisotopic (exact) mass is 252 g/mol. The molecule has 4 nitrogen and oxygen atoms in total. The second-order valence-electron chi connectivity index (χ2n) is 5.93. The van der Waals surface area contributed by atoms with Crippen LogP contribution < -0.4 is 0 Å². The maximum atomic E-state index is 12.2. The maximum absolute atomic E-state index is 12.2. The highest BCUT2D eigenvalue weighted by Crippen LogP contribution is 2.72. The van der Waals surface area contributed by atoms with Gasteiger partial charge in [0.05, 0.1) is 25.0 Å². The minimum Gasteiger partial charge on any atom is -0.469 e. The highest BCUT2D eigenvalue weighted by atomic mass is 16.5. The molecule has 0 N–H and O–H groups in total. The molecule has 2 bridgehead atoms. The number of fused-ring (bicyclic) bond motifs is 2. The third-order valence-electron chi connectivity index (χ3n) is 5.26. The third kappa shape index (κ3) is 1.16. The number of hydrogen-bond donors (Lipinski definition) is 0. The number of hydrogen-bond acceptors (Lipinski definition) is 4. The number of rotatable bonds is 2. The van der Waals surface area contributed by atoms with Gasteiger partial charge in [-0.3, -0.25) is 9.59 Å². The molecule has 0 heterocycles. The molecule has 2 atom stereocenters. The molecule has 0 aromatic carbocycles. The Balaban J connectivity index is 2.54. The van der Waals surface area contributed by atoms with Crippen LogP contribution in [0.15, 0.2) is 12.2 Å². The van der Waals surface area contributed by atoms with Gasteiger partial charge >= 0.3 is 11.9 Å². The number of methoxy groups -OCH3 is 2. The summed E-state index contributed by atoms with van der Waals surface area (Å²) in [5.41, 5.74) is -0.968. The fourth-order valence-corrected chi connectivity index (χ4v) is 3.91. The molecule has 2 fully saturated rings. The zero-order valence-electron chi connectivity index (χ0n) is 11.5. The largest absolute Gasteiger partial charge is 0.469 e. The van der Waals surface area contributed by atoms with Crippen LogP contribution in [0.1, 0.15) is 33.1 Å². The molecule has 100 valence electrons. The van der Waals surface area contributed by atoms with Crippen molar-refractivity contribution >= 4 is 11.9 Å². The Morgan fingerprint density at radius 1 is 1.11 bits per heavy atom. The first-order valence-electron chi connectivity index (χ1n) is 6.15. The van der Waals surface area contributed by atoms with E-state index in [9.17, 15) is 9.59 Å². The van der Waals surface area contributed by atoms with Crippen molar-refractivity contribution < 1.29 is 19.1 Å². The molecular formula is C14H20O4. The van der Waals surface area contributed by atoms with Crippen LogP contribution in [-0.4, -0.2) is 26.2 Å². The van der Waals surface area contributed by atoms with Crippen LogP contribution in [0.5, 0.6) is 0 Å². The first-order valence-corrected chi connectivity index (χ1v) is 6.15. The van der Waals surface area contributed by atoms with Crippen molar-refractivity contribution in [3.8, 4) is 0 Å². The zero-order chi connectivity index (χ0) is 13.8. The molecule has 0 unspecified atom stereocenters. The van der Waals surface area contributed by atoms with Gasteiger partial charge in [-0.2, -0.15) is 0 Å². The molecule has 0 aromatic heterocycles. The van der Waals surface area contributed by atoms with E-state index in [2.05, 4.69) is 6.58 Å². The van der Waals surface area contributed by atoms with Gasteiger partial charge in [-0.1, -0.05) is 26.0 Å². The molecule has 0 spiro atoms. The Kier molecular flexibility index (Phi) is 2.62. The summed E-state index contributed by atoms with van der Waals surface area (Å²) in [6.45, 7) is 8.02. The summed E-state index contributed by atoms with van der Waals surface area (Å²) in [7, 11) is 2.78. The van der Waals surface area contributed by atoms with E-state index >= 15 is 0 Å². The van der Waals surface area contributed by atoms with Gasteiger partial charge in [0.15, 0.2) is 0 Å². The van der Waals surface area contributed by atoms with Crippen molar-refractivity contribution in [2.45, 2.75) is 33.1 Å². The summed E-state index contributed by atoms with van der Waals surface area (Å²) in [6.07, 6.45) is 1.74. The number of esters is 2. The van der Waals surface area contributed by atoms with E-state index in [-0.39, 0.29) is 11.9 Å². The number of carbonyl (C=O) groups is 2. The third-order valence-corrected chi connectivity index (χ3v) is 5.26. The van der Waals surface area contributed by atoms with Gasteiger partial charge < -0.3 is 9.47 Å². The molecule has 0 amide bonds. The molecule has 0 radical (unpaired) electrons. The molecule has 0 saturated heterocycles. The molecule has 0 aromatic rings. The predicted molar refractivity (Wildman–Crippen MR) is 65.7 cm³/mol. The quantitative estimate of drug-likeness (QED) is 0.558. The lowest BCUT2D eigenvalue weighted by molar-refractivity contribution is -0.157. The summed E-state index contributed by atoms with van der Waals surface area (Å²) in [6, 6.07) is 0. The molecule has 2 aliphatic carbocycles. The van der Waals surface area contributed by atoms with Crippen molar-refractivity contribution in [3.63, 3.8) is 0 Å². The van der Waals surface area contributed by atoms with Crippen LogP contribution in [-0.2, 0) is 19.1 Å². The first kappa shape index (κ1) is 13.1. The Morgan fingerprint density at radius 2 is 1.67 bits per heavy atom. The van der Waals surface area contributed by atoms with E-state index in [0.29, 0.717) is 19.3 Å². The van der Waals surface area contributed by atoms with Crippen LogP contribution in [0.2, 0.25) is 0 Å². The van der Waals surface area contributed by atoms with E-state index < -0.39 is 16.2 Å². The maximum Gasteiger partial charge on any atom is 0.315 e. The van der Waals surface area contributed by atoms with Crippen LogP contribution in [0.25, 0.3) is 0 Å². The van der Waals surface area contributed by atoms with Gasteiger partial charge in [0.2, 0.25) is 0 Å². The Hall–Kier alpha value is -1.32. The second kappa shape index (κ2) is 3.59. The fourth-order valence-electron chi connectivity index (χ4n) is 3.91. The molecule has 2 saturated carbocycles. The molecule has 18 heavy (non-hydrogen) atoms. The van der Waals surface area contributed by atoms with Gasteiger partial charge in [-0.15, -0.1) is 0 Å². The topological polar surface area (TPSA) is 52.6 Å². The fraction of sp³-hybridized carbons (Fsp3) is 0.714. The van der Waals surface area contributed by atoms with Crippen molar-refractivity contribution in [2.75, 3.05) is 14.2 Å². The second-order valence-corrected chi connectivity index (χ2v) is 5.93. The van der Waals surface area contributed by atoms with E-state index in [0.717, 1.165) is 5.57 Å². The molecular weight excluding hydrogens is 232 g/mol.